The highest BCUT2D eigenvalue weighted by molar-refractivity contribution is 6.30. The van der Waals surface area contributed by atoms with Crippen LogP contribution in [0.2, 0.25) is 5.02 Å². The fourth-order valence-corrected chi connectivity index (χ4v) is 3.40. The number of fused-ring (bicyclic) bond motifs is 1. The Morgan fingerprint density at radius 3 is 2.52 bits per heavy atom. The van der Waals surface area contributed by atoms with Crippen LogP contribution in [-0.2, 0) is 4.79 Å². The molecule has 0 aliphatic carbocycles. The van der Waals surface area contributed by atoms with Gasteiger partial charge in [-0.15, -0.1) is 0 Å². The third kappa shape index (κ3) is 4.25. The van der Waals surface area contributed by atoms with Crippen LogP contribution in [0.3, 0.4) is 0 Å². The Bertz CT molecular complexity index is 1160. The van der Waals surface area contributed by atoms with Crippen molar-refractivity contribution < 1.29 is 9.53 Å². The molecule has 2 heterocycles. The van der Waals surface area contributed by atoms with Gasteiger partial charge in [-0.2, -0.15) is 0 Å². The summed E-state index contributed by atoms with van der Waals surface area (Å²) in [6, 6.07) is 18.9. The second-order valence-corrected chi connectivity index (χ2v) is 7.34. The number of aryl methyl sites for hydroxylation is 2. The molecule has 4 rings (SSSR count). The van der Waals surface area contributed by atoms with E-state index in [9.17, 15) is 4.79 Å². The van der Waals surface area contributed by atoms with Gasteiger partial charge in [0.1, 0.15) is 22.9 Å². The van der Waals surface area contributed by atoms with Crippen molar-refractivity contribution in [2.45, 2.75) is 13.8 Å². The predicted molar refractivity (Wildman–Crippen MR) is 116 cm³/mol. The van der Waals surface area contributed by atoms with Crippen molar-refractivity contribution in [3.05, 3.63) is 83.0 Å². The van der Waals surface area contributed by atoms with Crippen molar-refractivity contribution in [2.75, 3.05) is 11.9 Å². The van der Waals surface area contributed by atoms with Crippen LogP contribution in [0.15, 0.2) is 66.9 Å². The lowest BCUT2D eigenvalue weighted by atomic mass is 10.1. The Morgan fingerprint density at radius 2 is 1.79 bits per heavy atom. The summed E-state index contributed by atoms with van der Waals surface area (Å²) in [6.45, 7) is 3.98. The number of nitrogens with one attached hydrogen (secondary N) is 1. The molecule has 2 aromatic carbocycles. The van der Waals surface area contributed by atoms with Crippen LogP contribution >= 0.6 is 11.6 Å². The summed E-state index contributed by atoms with van der Waals surface area (Å²) in [5.41, 5.74) is 4.72. The molecule has 0 saturated heterocycles. The monoisotopic (exact) mass is 405 g/mol. The number of hydrogen-bond acceptors (Lipinski definition) is 3. The van der Waals surface area contributed by atoms with Crippen molar-refractivity contribution in [3.8, 4) is 17.0 Å². The van der Waals surface area contributed by atoms with E-state index in [1.165, 1.54) is 0 Å². The minimum atomic E-state index is -0.267. The minimum absolute atomic E-state index is 0.117. The Kier molecular flexibility index (Phi) is 5.23. The van der Waals surface area contributed by atoms with Crippen LogP contribution in [0.1, 0.15) is 11.1 Å². The van der Waals surface area contributed by atoms with E-state index in [1.54, 1.807) is 24.3 Å². The van der Waals surface area contributed by atoms with E-state index in [0.717, 1.165) is 28.0 Å². The molecule has 29 heavy (non-hydrogen) atoms. The second kappa shape index (κ2) is 7.97. The molecule has 5 nitrogen and oxygen atoms in total. The maximum atomic E-state index is 12.6. The molecule has 146 valence electrons. The van der Waals surface area contributed by atoms with Gasteiger partial charge >= 0.3 is 0 Å². The average molecular weight is 406 g/mol. The van der Waals surface area contributed by atoms with Crippen molar-refractivity contribution in [2.24, 2.45) is 0 Å². The third-order valence-electron chi connectivity index (χ3n) is 4.47. The molecule has 0 spiro atoms. The highest BCUT2D eigenvalue weighted by atomic mass is 35.5. The van der Waals surface area contributed by atoms with Crippen molar-refractivity contribution in [1.82, 2.24) is 9.38 Å². The number of carbonyl (C=O) groups is 1. The Balaban J connectivity index is 1.63. The molecule has 2 aromatic heterocycles. The summed E-state index contributed by atoms with van der Waals surface area (Å²) in [5, 5.41) is 3.58. The number of halogens is 1. The summed E-state index contributed by atoms with van der Waals surface area (Å²) in [4.78, 5) is 17.3. The first kappa shape index (κ1) is 19.0. The van der Waals surface area contributed by atoms with Gasteiger partial charge in [0.05, 0.1) is 0 Å². The minimum Gasteiger partial charge on any atom is -0.484 e. The molecule has 0 radical (unpaired) electrons. The molecule has 1 amide bonds. The van der Waals surface area contributed by atoms with Gasteiger partial charge < -0.3 is 10.1 Å². The van der Waals surface area contributed by atoms with E-state index < -0.39 is 0 Å². The molecule has 0 unspecified atom stereocenters. The van der Waals surface area contributed by atoms with Gasteiger partial charge in [0.25, 0.3) is 5.91 Å². The number of pyridine rings is 1. The normalized spacial score (nSPS) is 10.9. The second-order valence-electron chi connectivity index (χ2n) is 6.91. The van der Waals surface area contributed by atoms with Crippen LogP contribution < -0.4 is 10.1 Å². The topological polar surface area (TPSA) is 55.6 Å². The summed E-state index contributed by atoms with van der Waals surface area (Å²) in [5.74, 6) is 0.934. The quantitative estimate of drug-likeness (QED) is 0.491. The fraction of sp³-hybridized carbons (Fsp3) is 0.130. The van der Waals surface area contributed by atoms with E-state index in [1.807, 2.05) is 42.6 Å². The number of hydrogen-bond donors (Lipinski definition) is 1. The molecular formula is C23H20ClN3O2. The van der Waals surface area contributed by atoms with Crippen LogP contribution in [-0.4, -0.2) is 21.9 Å². The van der Waals surface area contributed by atoms with E-state index in [4.69, 9.17) is 21.3 Å². The first-order valence-corrected chi connectivity index (χ1v) is 9.61. The van der Waals surface area contributed by atoms with Gasteiger partial charge in [0.2, 0.25) is 0 Å². The zero-order valence-electron chi connectivity index (χ0n) is 16.1. The maximum absolute atomic E-state index is 12.6. The van der Waals surface area contributed by atoms with Crippen LogP contribution in [0, 0.1) is 13.8 Å². The molecule has 1 N–H and O–H groups in total. The fourth-order valence-electron chi connectivity index (χ4n) is 3.28. The molecule has 0 aliphatic heterocycles. The number of benzene rings is 2. The van der Waals surface area contributed by atoms with Gasteiger partial charge in [-0.25, -0.2) is 4.98 Å². The number of imidazole rings is 1. The molecule has 0 bridgehead atoms. The number of aromatic nitrogens is 2. The van der Waals surface area contributed by atoms with Gasteiger partial charge in [-0.1, -0.05) is 34.9 Å². The molecule has 0 atom stereocenters. The molecule has 0 aliphatic rings. The summed E-state index contributed by atoms with van der Waals surface area (Å²) < 4.78 is 7.44. The standard InChI is InChI=1S/C23H20ClN3O2/c1-15-11-16(2)13-17(12-15)22-23(27-10-4-3-5-20(27)25-22)26-21(28)14-29-19-8-6-18(24)7-9-19/h3-13H,14H2,1-2H3,(H,26,28). The molecule has 0 saturated carbocycles. The van der Waals surface area contributed by atoms with Gasteiger partial charge in [-0.3, -0.25) is 9.20 Å². The number of anilines is 1. The Morgan fingerprint density at radius 1 is 1.07 bits per heavy atom. The first-order chi connectivity index (χ1) is 14.0. The lowest BCUT2D eigenvalue weighted by molar-refractivity contribution is -0.118. The number of nitrogens with zero attached hydrogens (tertiary/aromatic N) is 2. The van der Waals surface area contributed by atoms with E-state index in [0.29, 0.717) is 16.6 Å². The van der Waals surface area contributed by atoms with Crippen molar-refractivity contribution in [3.63, 3.8) is 0 Å². The number of amides is 1. The van der Waals surface area contributed by atoms with Crippen LogP contribution in [0.25, 0.3) is 16.9 Å². The number of rotatable bonds is 5. The highest BCUT2D eigenvalue weighted by Crippen LogP contribution is 2.30. The predicted octanol–water partition coefficient (Wildman–Crippen LogP) is 5.29. The zero-order valence-corrected chi connectivity index (χ0v) is 16.9. The average Bonchev–Trinajstić information content (AvgIpc) is 3.05. The summed E-state index contributed by atoms with van der Waals surface area (Å²) >= 11 is 5.88. The molecule has 6 heteroatoms. The number of carbonyl (C=O) groups excluding carboxylic acids is 1. The van der Waals surface area contributed by atoms with E-state index in [-0.39, 0.29) is 12.5 Å². The van der Waals surface area contributed by atoms with E-state index in [2.05, 4.69) is 23.5 Å². The van der Waals surface area contributed by atoms with Gasteiger partial charge in [0.15, 0.2) is 6.61 Å². The largest absolute Gasteiger partial charge is 0.484 e. The van der Waals surface area contributed by atoms with Crippen molar-refractivity contribution >= 4 is 29.0 Å². The first-order valence-electron chi connectivity index (χ1n) is 9.23. The smallest absolute Gasteiger partial charge is 0.263 e. The summed E-state index contributed by atoms with van der Waals surface area (Å²) in [6.07, 6.45) is 1.88. The molecule has 4 aromatic rings. The SMILES string of the molecule is Cc1cc(C)cc(-c2nc3ccccn3c2NC(=O)COc2ccc(Cl)cc2)c1. The molecule has 0 fully saturated rings. The Labute approximate surface area is 173 Å². The van der Waals surface area contributed by atoms with Crippen molar-refractivity contribution in [1.29, 1.82) is 0 Å². The lowest BCUT2D eigenvalue weighted by Gasteiger charge is -2.10. The Hall–Kier alpha value is -3.31. The van der Waals surface area contributed by atoms with Gasteiger partial charge in [0, 0.05) is 16.8 Å². The number of ether oxygens (including phenoxy) is 1. The van der Waals surface area contributed by atoms with Gasteiger partial charge in [-0.05, 0) is 62.4 Å². The summed E-state index contributed by atoms with van der Waals surface area (Å²) in [7, 11) is 0. The lowest BCUT2D eigenvalue weighted by Crippen LogP contribution is -2.21. The molecular weight excluding hydrogens is 386 g/mol. The van der Waals surface area contributed by atoms with Crippen LogP contribution in [0.5, 0.6) is 5.75 Å². The third-order valence-corrected chi connectivity index (χ3v) is 4.72. The van der Waals surface area contributed by atoms with E-state index >= 15 is 0 Å². The maximum Gasteiger partial charge on any atom is 0.263 e. The zero-order chi connectivity index (χ0) is 20.4. The highest BCUT2D eigenvalue weighted by Gasteiger charge is 2.17. The van der Waals surface area contributed by atoms with Crippen LogP contribution in [0.4, 0.5) is 5.82 Å².